The Morgan fingerprint density at radius 1 is 1.33 bits per heavy atom. The van der Waals surface area contributed by atoms with Gasteiger partial charge in [-0.15, -0.1) is 11.3 Å². The first-order chi connectivity index (χ1) is 18.5. The number of likely N-dealkylation sites (tertiary alicyclic amines) is 1. The molecule has 0 spiro atoms. The fraction of sp³-hybridized carbons (Fsp3) is 0.414. The van der Waals surface area contributed by atoms with Crippen molar-refractivity contribution in [2.24, 2.45) is 5.92 Å². The second kappa shape index (κ2) is 13.3. The fourth-order valence-electron chi connectivity index (χ4n) is 4.00. The Balaban J connectivity index is 0.000000320. The number of anilines is 3. The van der Waals surface area contributed by atoms with Gasteiger partial charge in [0.25, 0.3) is 0 Å². The zero-order chi connectivity index (χ0) is 28.6. The molecule has 10 heteroatoms. The number of hydrogen-bond acceptors (Lipinski definition) is 10. The number of carbonyl (C=O) groups excluding carboxylic acids is 1. The molecule has 5 N–H and O–H groups in total. The van der Waals surface area contributed by atoms with Gasteiger partial charge in [0.15, 0.2) is 11.3 Å². The molecule has 1 atom stereocenters. The SMILES string of the molecule is CC(C)(C)c1csc(C=O)n1.CNc1ccc(C)c(C#CC(=N)c2c(N)ncnc2NCC2CCN(C)C2)c1. The molecule has 1 saturated heterocycles. The molecule has 3 aromatic rings. The second-order valence-corrected chi connectivity index (χ2v) is 11.5. The minimum Gasteiger partial charge on any atom is -0.388 e. The molecule has 1 aliphatic rings. The maximum absolute atomic E-state index is 10.3. The van der Waals surface area contributed by atoms with Gasteiger partial charge < -0.3 is 21.3 Å². The third kappa shape index (κ3) is 8.34. The molecule has 0 aliphatic carbocycles. The van der Waals surface area contributed by atoms with Crippen LogP contribution in [-0.2, 0) is 5.41 Å². The standard InChI is InChI=1S/C21H27N7.C8H11NOS/c1-14-4-6-17(24-2)10-16(14)5-7-18(22)19-20(23)26-13-27-21(19)25-11-15-8-9-28(3)12-15;1-8(2,3)6-5-11-7(4-10)9-6/h4,6,10,13,15,22,24H,8-9,11-12H2,1-3H3,(H3,23,25,26,27);4-5H,1-3H3. The Morgan fingerprint density at radius 3 is 2.69 bits per heavy atom. The van der Waals surface area contributed by atoms with Crippen molar-refractivity contribution in [1.82, 2.24) is 19.9 Å². The molecule has 0 amide bonds. The van der Waals surface area contributed by atoms with E-state index in [9.17, 15) is 4.79 Å². The molecular weight excluding hydrogens is 508 g/mol. The van der Waals surface area contributed by atoms with Crippen molar-refractivity contribution < 1.29 is 4.79 Å². The monoisotopic (exact) mass is 546 g/mol. The highest BCUT2D eigenvalue weighted by Crippen LogP contribution is 2.23. The van der Waals surface area contributed by atoms with Gasteiger partial charge >= 0.3 is 0 Å². The van der Waals surface area contributed by atoms with E-state index in [0.717, 1.165) is 54.8 Å². The average Bonchev–Trinajstić information content (AvgIpc) is 3.56. The fourth-order valence-corrected chi connectivity index (χ4v) is 4.85. The van der Waals surface area contributed by atoms with Crippen molar-refractivity contribution in [3.63, 3.8) is 0 Å². The van der Waals surface area contributed by atoms with Gasteiger partial charge in [0, 0.05) is 42.2 Å². The van der Waals surface area contributed by atoms with E-state index >= 15 is 0 Å². The Labute approximate surface area is 235 Å². The Bertz CT molecular complexity index is 1370. The summed E-state index contributed by atoms with van der Waals surface area (Å²) in [5, 5.41) is 17.4. The van der Waals surface area contributed by atoms with Crippen LogP contribution in [0.3, 0.4) is 0 Å². The van der Waals surface area contributed by atoms with E-state index in [-0.39, 0.29) is 16.9 Å². The molecule has 39 heavy (non-hydrogen) atoms. The molecule has 0 bridgehead atoms. The van der Waals surface area contributed by atoms with Gasteiger partial charge in [-0.3, -0.25) is 10.2 Å². The van der Waals surface area contributed by atoms with Crippen LogP contribution in [0, 0.1) is 30.1 Å². The van der Waals surface area contributed by atoms with Crippen molar-refractivity contribution in [2.45, 2.75) is 39.5 Å². The molecule has 2 aromatic heterocycles. The maximum atomic E-state index is 10.3. The molecule has 0 saturated carbocycles. The van der Waals surface area contributed by atoms with Crippen LogP contribution in [0.2, 0.25) is 0 Å². The highest BCUT2D eigenvalue weighted by Gasteiger charge is 2.21. The van der Waals surface area contributed by atoms with Gasteiger partial charge in [-0.1, -0.05) is 32.8 Å². The van der Waals surface area contributed by atoms with Crippen LogP contribution in [0.15, 0.2) is 29.9 Å². The van der Waals surface area contributed by atoms with Crippen molar-refractivity contribution in [3.8, 4) is 11.8 Å². The molecule has 1 fully saturated rings. The summed E-state index contributed by atoms with van der Waals surface area (Å²) in [6, 6.07) is 5.97. The van der Waals surface area contributed by atoms with Crippen LogP contribution in [0.1, 0.15) is 59.4 Å². The van der Waals surface area contributed by atoms with Crippen molar-refractivity contribution in [1.29, 1.82) is 5.41 Å². The molecule has 3 heterocycles. The first-order valence-electron chi connectivity index (χ1n) is 12.8. The van der Waals surface area contributed by atoms with E-state index in [1.807, 2.05) is 37.6 Å². The zero-order valence-electron chi connectivity index (χ0n) is 23.6. The predicted octanol–water partition coefficient (Wildman–Crippen LogP) is 4.45. The quantitative estimate of drug-likeness (QED) is 0.203. The molecule has 4 rings (SSSR count). The Kier molecular flexibility index (Phi) is 10.2. The van der Waals surface area contributed by atoms with E-state index < -0.39 is 0 Å². The van der Waals surface area contributed by atoms with Crippen LogP contribution in [0.5, 0.6) is 0 Å². The van der Waals surface area contributed by atoms with Crippen LogP contribution in [-0.4, -0.2) is 65.6 Å². The van der Waals surface area contributed by atoms with E-state index in [2.05, 4.69) is 70.1 Å². The lowest BCUT2D eigenvalue weighted by molar-refractivity contribution is 0.112. The Morgan fingerprint density at radius 2 is 2.10 bits per heavy atom. The van der Waals surface area contributed by atoms with Crippen molar-refractivity contribution >= 4 is 40.7 Å². The molecule has 1 aliphatic heterocycles. The number of aryl methyl sites for hydroxylation is 1. The number of nitrogens with two attached hydrogens (primary N) is 1. The number of benzene rings is 1. The summed E-state index contributed by atoms with van der Waals surface area (Å²) in [6.07, 6.45) is 3.36. The summed E-state index contributed by atoms with van der Waals surface area (Å²) in [5.74, 6) is 7.40. The van der Waals surface area contributed by atoms with Gasteiger partial charge in [-0.25, -0.2) is 15.0 Å². The topological polar surface area (TPSA) is 133 Å². The lowest BCUT2D eigenvalue weighted by atomic mass is 9.93. The highest BCUT2D eigenvalue weighted by molar-refractivity contribution is 7.11. The van der Waals surface area contributed by atoms with Crippen LogP contribution in [0.25, 0.3) is 0 Å². The molecule has 1 aromatic carbocycles. The third-order valence-corrected chi connectivity index (χ3v) is 7.18. The number of rotatable bonds is 6. The molecule has 206 valence electrons. The van der Waals surface area contributed by atoms with Crippen LogP contribution < -0.4 is 16.4 Å². The first-order valence-corrected chi connectivity index (χ1v) is 13.7. The number of nitrogens with one attached hydrogen (secondary N) is 3. The lowest BCUT2D eigenvalue weighted by Gasteiger charge is -2.14. The van der Waals surface area contributed by atoms with Gasteiger partial charge in [-0.2, -0.15) is 0 Å². The average molecular weight is 547 g/mol. The van der Waals surface area contributed by atoms with Crippen LogP contribution in [0.4, 0.5) is 17.3 Å². The molecule has 0 radical (unpaired) electrons. The maximum Gasteiger partial charge on any atom is 0.178 e. The molecular formula is C29H38N8OS. The summed E-state index contributed by atoms with van der Waals surface area (Å²) in [4.78, 5) is 25.1. The predicted molar refractivity (Wildman–Crippen MR) is 161 cm³/mol. The van der Waals surface area contributed by atoms with Gasteiger partial charge in [0.1, 0.15) is 23.7 Å². The number of nitrogen functional groups attached to an aromatic ring is 1. The zero-order valence-corrected chi connectivity index (χ0v) is 24.4. The number of carbonyl (C=O) groups is 1. The third-order valence-electron chi connectivity index (χ3n) is 6.41. The number of thiazole rings is 1. The Hall–Kier alpha value is -3.81. The summed E-state index contributed by atoms with van der Waals surface area (Å²) in [6.45, 7) is 11.2. The molecule has 9 nitrogen and oxygen atoms in total. The van der Waals surface area contributed by atoms with E-state index in [4.69, 9.17) is 11.1 Å². The van der Waals surface area contributed by atoms with Gasteiger partial charge in [0.2, 0.25) is 0 Å². The van der Waals surface area contributed by atoms with E-state index in [1.165, 1.54) is 17.7 Å². The number of aromatic nitrogens is 3. The summed E-state index contributed by atoms with van der Waals surface area (Å²) in [5.41, 5.74) is 10.6. The highest BCUT2D eigenvalue weighted by atomic mass is 32.1. The summed E-state index contributed by atoms with van der Waals surface area (Å²) < 4.78 is 0. The summed E-state index contributed by atoms with van der Waals surface area (Å²) in [7, 11) is 4.00. The normalized spacial score (nSPS) is 15.0. The van der Waals surface area contributed by atoms with E-state index in [1.54, 1.807) is 0 Å². The first kappa shape index (κ1) is 29.7. The smallest absolute Gasteiger partial charge is 0.178 e. The van der Waals surface area contributed by atoms with Gasteiger partial charge in [0.05, 0.1) is 11.3 Å². The summed E-state index contributed by atoms with van der Waals surface area (Å²) >= 11 is 1.40. The number of nitrogens with zero attached hydrogens (tertiary/aromatic N) is 4. The largest absolute Gasteiger partial charge is 0.388 e. The molecule has 1 unspecified atom stereocenters. The van der Waals surface area contributed by atoms with Crippen molar-refractivity contribution in [2.75, 3.05) is 50.1 Å². The van der Waals surface area contributed by atoms with E-state index in [0.29, 0.717) is 22.3 Å². The number of hydrogen-bond donors (Lipinski definition) is 4. The number of aldehydes is 1. The second-order valence-electron chi connectivity index (χ2n) is 10.6. The minimum atomic E-state index is 0.0533. The van der Waals surface area contributed by atoms with Crippen molar-refractivity contribution in [3.05, 3.63) is 57.3 Å². The van der Waals surface area contributed by atoms with Gasteiger partial charge in [-0.05, 0) is 56.5 Å². The minimum absolute atomic E-state index is 0.0533. The lowest BCUT2D eigenvalue weighted by Crippen LogP contribution is -2.21. The van der Waals surface area contributed by atoms with Crippen LogP contribution >= 0.6 is 11.3 Å².